The second-order valence-electron chi connectivity index (χ2n) is 4.50. The van der Waals surface area contributed by atoms with Gasteiger partial charge in [0.05, 0.1) is 12.4 Å². The van der Waals surface area contributed by atoms with Crippen molar-refractivity contribution in [3.63, 3.8) is 0 Å². The van der Waals surface area contributed by atoms with Gasteiger partial charge in [0.15, 0.2) is 4.34 Å². The zero-order chi connectivity index (χ0) is 14.5. The third-order valence-corrected chi connectivity index (χ3v) is 5.20. The third kappa shape index (κ3) is 3.71. The zero-order valence-corrected chi connectivity index (χ0v) is 13.5. The molecule has 1 aromatic carbocycles. The highest BCUT2D eigenvalue weighted by Crippen LogP contribution is 2.38. The lowest BCUT2D eigenvalue weighted by atomic mass is 10.1. The Balaban J connectivity index is 2.21. The fraction of sp³-hybridized carbons (Fsp3) is 0.429. The summed E-state index contributed by atoms with van der Waals surface area (Å²) in [5.41, 5.74) is 7.29. The molecule has 0 spiro atoms. The Kier molecular flexibility index (Phi) is 5.39. The summed E-state index contributed by atoms with van der Waals surface area (Å²) in [6.45, 7) is 4.07. The molecular formula is C14H19N3OS2. The lowest BCUT2D eigenvalue weighted by molar-refractivity contribution is 0.414. The van der Waals surface area contributed by atoms with Crippen molar-refractivity contribution in [2.45, 2.75) is 35.9 Å². The Bertz CT molecular complexity index is 557. The van der Waals surface area contributed by atoms with E-state index in [9.17, 15) is 0 Å². The van der Waals surface area contributed by atoms with E-state index in [0.29, 0.717) is 0 Å². The van der Waals surface area contributed by atoms with Gasteiger partial charge in [-0.15, -0.1) is 0 Å². The molecule has 108 valence electrons. The lowest BCUT2D eigenvalue weighted by Gasteiger charge is -2.19. The van der Waals surface area contributed by atoms with E-state index < -0.39 is 0 Å². The predicted octanol–water partition coefficient (Wildman–Crippen LogP) is 3.29. The van der Waals surface area contributed by atoms with Crippen molar-refractivity contribution in [1.29, 1.82) is 0 Å². The summed E-state index contributed by atoms with van der Waals surface area (Å²) in [6, 6.07) is 8.04. The molecule has 0 bridgehead atoms. The minimum atomic E-state index is 0.0149. The molecule has 2 N–H and O–H groups in total. The molecule has 2 rings (SSSR count). The van der Waals surface area contributed by atoms with Gasteiger partial charge in [0.1, 0.15) is 11.6 Å². The maximum absolute atomic E-state index is 6.14. The van der Waals surface area contributed by atoms with Crippen LogP contribution in [-0.4, -0.2) is 22.5 Å². The van der Waals surface area contributed by atoms with Crippen molar-refractivity contribution in [2.75, 3.05) is 7.11 Å². The van der Waals surface area contributed by atoms with Crippen molar-refractivity contribution in [2.24, 2.45) is 5.73 Å². The van der Waals surface area contributed by atoms with E-state index in [1.165, 1.54) is 11.5 Å². The van der Waals surface area contributed by atoms with E-state index >= 15 is 0 Å². The van der Waals surface area contributed by atoms with Gasteiger partial charge in [-0.05, 0) is 36.2 Å². The summed E-state index contributed by atoms with van der Waals surface area (Å²) in [6.07, 6.45) is 0.860. The smallest absolute Gasteiger partial charge is 0.170 e. The van der Waals surface area contributed by atoms with Crippen molar-refractivity contribution < 1.29 is 4.74 Å². The number of hydrogen-bond donors (Lipinski definition) is 1. The normalized spacial score (nSPS) is 14.0. The fourth-order valence-corrected chi connectivity index (χ4v) is 3.80. The Hall–Kier alpha value is -1.11. The van der Waals surface area contributed by atoms with Crippen LogP contribution in [0.15, 0.2) is 28.6 Å². The molecule has 0 radical (unpaired) electrons. The fourth-order valence-electron chi connectivity index (χ4n) is 1.84. The highest BCUT2D eigenvalue weighted by molar-refractivity contribution is 8.01. The van der Waals surface area contributed by atoms with Gasteiger partial charge in [0.2, 0.25) is 0 Å². The number of hydrogen-bond acceptors (Lipinski definition) is 6. The van der Waals surface area contributed by atoms with Gasteiger partial charge in [0, 0.05) is 12.5 Å². The summed E-state index contributed by atoms with van der Waals surface area (Å²) in [5.74, 6) is 1.74. The number of aromatic nitrogens is 2. The molecule has 0 fully saturated rings. The molecule has 0 aliphatic heterocycles. The standard InChI is InChI=1S/C14H19N3OS2/c1-4-12-16-14(20-17-12)19-13(9(2)15)10-6-5-7-11(8-10)18-3/h5-9,13H,4,15H2,1-3H3. The quantitative estimate of drug-likeness (QED) is 0.830. The maximum atomic E-state index is 6.14. The first-order chi connectivity index (χ1) is 9.63. The van der Waals surface area contributed by atoms with Crippen LogP contribution in [0, 0.1) is 0 Å². The van der Waals surface area contributed by atoms with E-state index in [2.05, 4.69) is 22.3 Å². The van der Waals surface area contributed by atoms with E-state index in [-0.39, 0.29) is 11.3 Å². The highest BCUT2D eigenvalue weighted by atomic mass is 32.2. The van der Waals surface area contributed by atoms with Gasteiger partial charge in [0.25, 0.3) is 0 Å². The van der Waals surface area contributed by atoms with Gasteiger partial charge >= 0.3 is 0 Å². The number of nitrogens with two attached hydrogens (primary N) is 1. The third-order valence-electron chi connectivity index (χ3n) is 2.89. The predicted molar refractivity (Wildman–Crippen MR) is 84.5 cm³/mol. The summed E-state index contributed by atoms with van der Waals surface area (Å²) >= 11 is 3.11. The number of methoxy groups -OCH3 is 1. The first kappa shape index (κ1) is 15.3. The second kappa shape index (κ2) is 7.06. The molecule has 2 atom stereocenters. The van der Waals surface area contributed by atoms with Crippen LogP contribution in [0.4, 0.5) is 0 Å². The Labute approximate surface area is 127 Å². The summed E-state index contributed by atoms with van der Waals surface area (Å²) in [4.78, 5) is 4.50. The lowest BCUT2D eigenvalue weighted by Crippen LogP contribution is -2.22. The van der Waals surface area contributed by atoms with Gasteiger partial charge in [-0.1, -0.05) is 30.8 Å². The highest BCUT2D eigenvalue weighted by Gasteiger charge is 2.20. The van der Waals surface area contributed by atoms with Crippen LogP contribution in [0.5, 0.6) is 5.75 Å². The molecule has 0 amide bonds. The average Bonchev–Trinajstić information content (AvgIpc) is 2.92. The van der Waals surface area contributed by atoms with Gasteiger partial charge in [-0.3, -0.25) is 0 Å². The van der Waals surface area contributed by atoms with Crippen LogP contribution in [0.3, 0.4) is 0 Å². The molecule has 4 nitrogen and oxygen atoms in total. The minimum Gasteiger partial charge on any atom is -0.497 e. The topological polar surface area (TPSA) is 61.0 Å². The van der Waals surface area contributed by atoms with Crippen LogP contribution < -0.4 is 10.5 Å². The van der Waals surface area contributed by atoms with Gasteiger partial charge in [-0.25, -0.2) is 4.98 Å². The van der Waals surface area contributed by atoms with Crippen LogP contribution in [0.2, 0.25) is 0 Å². The molecule has 1 aromatic heterocycles. The molecule has 6 heteroatoms. The molecule has 1 heterocycles. The van der Waals surface area contributed by atoms with E-state index in [1.807, 2.05) is 25.1 Å². The SMILES string of the molecule is CCc1nsc(SC(c2cccc(OC)c2)C(C)N)n1. The van der Waals surface area contributed by atoms with E-state index in [1.54, 1.807) is 18.9 Å². The Morgan fingerprint density at radius 3 is 2.85 bits per heavy atom. The number of ether oxygens (including phenoxy) is 1. The Morgan fingerprint density at radius 2 is 2.25 bits per heavy atom. The summed E-state index contributed by atoms with van der Waals surface area (Å²) in [5, 5.41) is 0.141. The molecule has 20 heavy (non-hydrogen) atoms. The monoisotopic (exact) mass is 309 g/mol. The number of thioether (sulfide) groups is 1. The van der Waals surface area contributed by atoms with Crippen LogP contribution in [0.25, 0.3) is 0 Å². The van der Waals surface area contributed by atoms with Crippen molar-refractivity contribution in [3.8, 4) is 5.75 Å². The average molecular weight is 309 g/mol. The summed E-state index contributed by atoms with van der Waals surface area (Å²) < 4.78 is 10.6. The molecule has 2 aromatic rings. The van der Waals surface area contributed by atoms with Crippen molar-refractivity contribution >= 4 is 23.3 Å². The van der Waals surface area contributed by atoms with E-state index in [0.717, 1.165) is 27.9 Å². The van der Waals surface area contributed by atoms with Crippen LogP contribution >= 0.6 is 23.3 Å². The minimum absolute atomic E-state index is 0.0149. The molecule has 0 aliphatic carbocycles. The van der Waals surface area contributed by atoms with Crippen molar-refractivity contribution in [3.05, 3.63) is 35.7 Å². The van der Waals surface area contributed by atoms with Crippen LogP contribution in [0.1, 0.15) is 30.5 Å². The van der Waals surface area contributed by atoms with Gasteiger partial charge in [-0.2, -0.15) is 4.37 Å². The number of nitrogens with zero attached hydrogens (tertiary/aromatic N) is 2. The molecular weight excluding hydrogens is 290 g/mol. The second-order valence-corrected chi connectivity index (χ2v) is 6.64. The summed E-state index contributed by atoms with van der Waals surface area (Å²) in [7, 11) is 1.67. The number of benzene rings is 1. The van der Waals surface area contributed by atoms with Gasteiger partial charge < -0.3 is 10.5 Å². The first-order valence-corrected chi connectivity index (χ1v) is 8.18. The van der Waals surface area contributed by atoms with Crippen LogP contribution in [-0.2, 0) is 6.42 Å². The molecule has 0 saturated carbocycles. The Morgan fingerprint density at radius 1 is 1.45 bits per heavy atom. The van der Waals surface area contributed by atoms with Crippen molar-refractivity contribution in [1.82, 2.24) is 9.36 Å². The maximum Gasteiger partial charge on any atom is 0.170 e. The largest absolute Gasteiger partial charge is 0.497 e. The zero-order valence-electron chi connectivity index (χ0n) is 11.9. The first-order valence-electron chi connectivity index (χ1n) is 6.52. The number of rotatable bonds is 6. The van der Waals surface area contributed by atoms with E-state index in [4.69, 9.17) is 10.5 Å². The molecule has 0 aliphatic rings. The molecule has 0 saturated heterocycles. The number of aryl methyl sites for hydroxylation is 1. The molecule has 2 unspecified atom stereocenters.